The van der Waals surface area contributed by atoms with Gasteiger partial charge in [0, 0.05) is 18.7 Å². The second kappa shape index (κ2) is 8.19. The van der Waals surface area contributed by atoms with E-state index in [1.54, 1.807) is 12.1 Å². The molecule has 1 fully saturated rings. The zero-order valence-corrected chi connectivity index (χ0v) is 16.1. The number of rotatable bonds is 5. The highest BCUT2D eigenvalue weighted by molar-refractivity contribution is 5.79. The van der Waals surface area contributed by atoms with Gasteiger partial charge in [-0.25, -0.2) is 4.39 Å². The molecular formula is C22H25FN2O3. The summed E-state index contributed by atoms with van der Waals surface area (Å²) in [6.07, 6.45) is 1.91. The van der Waals surface area contributed by atoms with Crippen LogP contribution in [0.15, 0.2) is 42.5 Å². The summed E-state index contributed by atoms with van der Waals surface area (Å²) in [5.74, 6) is 1.34. The number of hydrogen-bond acceptors (Lipinski definition) is 4. The zero-order chi connectivity index (χ0) is 19.5. The number of halogens is 1. The molecule has 1 atom stereocenters. The largest absolute Gasteiger partial charge is 0.486 e. The minimum Gasteiger partial charge on any atom is -0.486 e. The van der Waals surface area contributed by atoms with Crippen molar-refractivity contribution >= 4 is 5.91 Å². The summed E-state index contributed by atoms with van der Waals surface area (Å²) < 4.78 is 25.1. The average molecular weight is 384 g/mol. The quantitative estimate of drug-likeness (QED) is 0.793. The van der Waals surface area contributed by atoms with Gasteiger partial charge in [-0.1, -0.05) is 24.3 Å². The van der Waals surface area contributed by atoms with Gasteiger partial charge in [0.25, 0.3) is 0 Å². The van der Waals surface area contributed by atoms with Gasteiger partial charge >= 0.3 is 0 Å². The van der Waals surface area contributed by atoms with Crippen LogP contribution < -0.4 is 9.47 Å². The Bertz CT molecular complexity index is 857. The maximum atomic E-state index is 13.9. The van der Waals surface area contributed by atoms with E-state index in [0.29, 0.717) is 25.3 Å². The third-order valence-corrected chi connectivity index (χ3v) is 5.33. The van der Waals surface area contributed by atoms with E-state index in [0.717, 1.165) is 36.4 Å². The molecule has 0 spiro atoms. The molecule has 1 unspecified atom stereocenters. The number of hydrogen-bond donors (Lipinski definition) is 0. The van der Waals surface area contributed by atoms with Gasteiger partial charge in [0.2, 0.25) is 5.91 Å². The Hall–Kier alpha value is -2.60. The van der Waals surface area contributed by atoms with Crippen molar-refractivity contribution in [1.82, 2.24) is 9.80 Å². The molecule has 28 heavy (non-hydrogen) atoms. The summed E-state index contributed by atoms with van der Waals surface area (Å²) in [7, 11) is 1.85. The van der Waals surface area contributed by atoms with Crippen LogP contribution in [-0.4, -0.2) is 49.1 Å². The lowest BCUT2D eigenvalue weighted by atomic mass is 10.0. The highest BCUT2D eigenvalue weighted by Gasteiger charge is 2.31. The Balaban J connectivity index is 1.43. The number of fused-ring (bicyclic) bond motifs is 1. The Kier molecular flexibility index (Phi) is 5.48. The van der Waals surface area contributed by atoms with Crippen LogP contribution in [0.2, 0.25) is 0 Å². The molecule has 0 aliphatic carbocycles. The van der Waals surface area contributed by atoms with Crippen LogP contribution in [0.25, 0.3) is 0 Å². The van der Waals surface area contributed by atoms with Gasteiger partial charge < -0.3 is 14.4 Å². The third kappa shape index (κ3) is 3.97. The van der Waals surface area contributed by atoms with Crippen molar-refractivity contribution in [3.8, 4) is 11.5 Å². The van der Waals surface area contributed by atoms with Crippen molar-refractivity contribution in [2.24, 2.45) is 0 Å². The van der Waals surface area contributed by atoms with Crippen molar-refractivity contribution in [2.45, 2.75) is 25.4 Å². The molecule has 1 amide bonds. The molecular weight excluding hydrogens is 359 g/mol. The summed E-state index contributed by atoms with van der Waals surface area (Å²) in [4.78, 5) is 16.7. The number of carbonyl (C=O) groups excluding carboxylic acids is 1. The van der Waals surface area contributed by atoms with Crippen LogP contribution in [0.4, 0.5) is 4.39 Å². The number of nitrogens with zero attached hydrogens (tertiary/aromatic N) is 2. The first kappa shape index (κ1) is 18.7. The third-order valence-electron chi connectivity index (χ3n) is 5.33. The molecule has 2 aromatic carbocycles. The predicted molar refractivity (Wildman–Crippen MR) is 104 cm³/mol. The summed E-state index contributed by atoms with van der Waals surface area (Å²) >= 11 is 0. The Morgan fingerprint density at radius 2 is 1.96 bits per heavy atom. The first-order valence-electron chi connectivity index (χ1n) is 9.73. The van der Waals surface area contributed by atoms with E-state index in [1.165, 1.54) is 6.07 Å². The number of amides is 1. The van der Waals surface area contributed by atoms with Crippen LogP contribution in [0.1, 0.15) is 30.0 Å². The molecule has 0 saturated carbocycles. The fourth-order valence-corrected chi connectivity index (χ4v) is 3.97. The van der Waals surface area contributed by atoms with E-state index < -0.39 is 0 Å². The van der Waals surface area contributed by atoms with Gasteiger partial charge in [0.15, 0.2) is 11.5 Å². The topological polar surface area (TPSA) is 42.0 Å². The summed E-state index contributed by atoms with van der Waals surface area (Å²) in [5, 5.41) is 0. The monoisotopic (exact) mass is 384 g/mol. The minimum atomic E-state index is -0.239. The van der Waals surface area contributed by atoms with Crippen molar-refractivity contribution < 1.29 is 18.7 Å². The number of carbonyl (C=O) groups is 1. The van der Waals surface area contributed by atoms with E-state index in [9.17, 15) is 9.18 Å². The van der Waals surface area contributed by atoms with Gasteiger partial charge in [0.1, 0.15) is 19.0 Å². The number of likely N-dealkylation sites (tertiary alicyclic amines) is 1. The van der Waals surface area contributed by atoms with Crippen molar-refractivity contribution in [1.29, 1.82) is 0 Å². The molecule has 2 aliphatic rings. The lowest BCUT2D eigenvalue weighted by Crippen LogP contribution is -2.38. The molecule has 2 aliphatic heterocycles. The number of ether oxygens (including phenoxy) is 2. The van der Waals surface area contributed by atoms with Gasteiger partial charge in [-0.2, -0.15) is 0 Å². The van der Waals surface area contributed by atoms with Crippen LogP contribution in [-0.2, 0) is 11.3 Å². The second-order valence-corrected chi connectivity index (χ2v) is 7.41. The predicted octanol–water partition coefficient (Wildman–Crippen LogP) is 3.39. The van der Waals surface area contributed by atoms with E-state index in [-0.39, 0.29) is 24.3 Å². The lowest BCUT2D eigenvalue weighted by Gasteiger charge is -2.28. The average Bonchev–Trinajstić information content (AvgIpc) is 3.19. The fraction of sp³-hybridized carbons (Fsp3) is 0.409. The molecule has 0 aromatic heterocycles. The van der Waals surface area contributed by atoms with Crippen LogP contribution >= 0.6 is 0 Å². The highest BCUT2D eigenvalue weighted by Crippen LogP contribution is 2.38. The second-order valence-electron chi connectivity index (χ2n) is 7.41. The summed E-state index contributed by atoms with van der Waals surface area (Å²) in [5.41, 5.74) is 1.68. The summed E-state index contributed by atoms with van der Waals surface area (Å²) in [6, 6.07) is 12.7. The highest BCUT2D eigenvalue weighted by atomic mass is 19.1. The van der Waals surface area contributed by atoms with Crippen LogP contribution in [0, 0.1) is 5.82 Å². The maximum absolute atomic E-state index is 13.9. The molecule has 148 valence electrons. The Morgan fingerprint density at radius 1 is 1.18 bits per heavy atom. The standard InChI is InChI=1S/C22H25FN2O3/c1-24(14-17-5-2-3-6-18(17)23)15-22(26)25-10-4-7-19(25)16-8-9-20-21(13-16)28-12-11-27-20/h2-3,5-6,8-9,13,19H,4,7,10-12,14-15H2,1H3. The molecule has 2 heterocycles. The molecule has 5 nitrogen and oxygen atoms in total. The van der Waals surface area contributed by atoms with E-state index in [2.05, 4.69) is 0 Å². The molecule has 4 rings (SSSR count). The van der Waals surface area contributed by atoms with Gasteiger partial charge in [-0.15, -0.1) is 0 Å². The SMILES string of the molecule is CN(CC(=O)N1CCCC1c1ccc2c(c1)OCCO2)Cc1ccccc1F. The van der Waals surface area contributed by atoms with Crippen molar-refractivity contribution in [2.75, 3.05) is 33.4 Å². The number of benzene rings is 2. The first-order valence-corrected chi connectivity index (χ1v) is 9.73. The maximum Gasteiger partial charge on any atom is 0.237 e. The normalized spacial score (nSPS) is 18.5. The van der Waals surface area contributed by atoms with Crippen molar-refractivity contribution in [3.05, 3.63) is 59.4 Å². The lowest BCUT2D eigenvalue weighted by molar-refractivity contribution is -0.133. The molecule has 1 saturated heterocycles. The molecule has 2 aromatic rings. The fourth-order valence-electron chi connectivity index (χ4n) is 3.97. The van der Waals surface area contributed by atoms with E-state index in [1.807, 2.05) is 41.1 Å². The molecule has 6 heteroatoms. The minimum absolute atomic E-state index is 0.0465. The van der Waals surface area contributed by atoms with E-state index in [4.69, 9.17) is 9.47 Å². The Morgan fingerprint density at radius 3 is 2.79 bits per heavy atom. The van der Waals surface area contributed by atoms with Crippen molar-refractivity contribution in [3.63, 3.8) is 0 Å². The van der Waals surface area contributed by atoms with Gasteiger partial charge in [0.05, 0.1) is 12.6 Å². The van der Waals surface area contributed by atoms with Gasteiger partial charge in [-0.3, -0.25) is 9.69 Å². The van der Waals surface area contributed by atoms with Crippen LogP contribution in [0.3, 0.4) is 0 Å². The number of likely N-dealkylation sites (N-methyl/N-ethyl adjacent to an activating group) is 1. The first-order chi connectivity index (χ1) is 13.6. The Labute approximate surface area is 164 Å². The molecule has 0 bridgehead atoms. The van der Waals surface area contributed by atoms with Crippen LogP contribution in [0.5, 0.6) is 11.5 Å². The molecule has 0 radical (unpaired) electrons. The summed E-state index contributed by atoms with van der Waals surface area (Å²) in [6.45, 7) is 2.52. The van der Waals surface area contributed by atoms with E-state index >= 15 is 0 Å². The molecule has 0 N–H and O–H groups in total. The zero-order valence-electron chi connectivity index (χ0n) is 16.1. The smallest absolute Gasteiger partial charge is 0.237 e. The van der Waals surface area contributed by atoms with Gasteiger partial charge in [-0.05, 0) is 43.7 Å².